The van der Waals surface area contributed by atoms with Crippen LogP contribution in [-0.2, 0) is 14.4 Å². The number of carboxylic acid groups (broad SMARTS) is 1. The average molecular weight is 334 g/mol. The van der Waals surface area contributed by atoms with E-state index in [2.05, 4.69) is 5.32 Å². The fourth-order valence-electron chi connectivity index (χ4n) is 2.19. The third kappa shape index (κ3) is 6.81. The van der Waals surface area contributed by atoms with Gasteiger partial charge in [0.05, 0.1) is 0 Å². The molecule has 0 radical (unpaired) electrons. The Balaban J connectivity index is 2.49. The van der Waals surface area contributed by atoms with Crippen molar-refractivity contribution in [1.29, 1.82) is 0 Å². The smallest absolute Gasteiger partial charge is 0.325 e. The van der Waals surface area contributed by atoms with Gasteiger partial charge in [-0.05, 0) is 44.3 Å². The highest BCUT2D eigenvalue weighted by Crippen LogP contribution is 2.19. The molecule has 0 saturated carbocycles. The minimum absolute atomic E-state index is 0.120. The van der Waals surface area contributed by atoms with Gasteiger partial charge in [0.1, 0.15) is 6.04 Å². The van der Waals surface area contributed by atoms with E-state index in [4.69, 9.17) is 5.11 Å². The van der Waals surface area contributed by atoms with E-state index < -0.39 is 12.0 Å². The van der Waals surface area contributed by atoms with Crippen LogP contribution in [0.3, 0.4) is 0 Å². The second kappa shape index (κ2) is 9.70. The standard InChI is InChI=1S/C18H26N2O4/c1-13(18(23)24)19-17(22)15-10-7-9-14(12-15)8-5-4-6-11-16(21)20(2)3/h5,8,10,12-13H,4,6-7,9,11H2,1-3H3,(H,19,22)(H,23,24)/b8-5-/t13-/m1/s1. The lowest BCUT2D eigenvalue weighted by molar-refractivity contribution is -0.140. The molecule has 0 aromatic carbocycles. The van der Waals surface area contributed by atoms with Crippen molar-refractivity contribution in [3.8, 4) is 0 Å². The summed E-state index contributed by atoms with van der Waals surface area (Å²) in [5.41, 5.74) is 1.53. The van der Waals surface area contributed by atoms with Crippen LogP contribution in [0.2, 0.25) is 0 Å². The Bertz CT molecular complexity index is 574. The predicted octanol–water partition coefficient (Wildman–Crippen LogP) is 2.04. The number of carbonyl (C=O) groups excluding carboxylic acids is 2. The molecule has 0 aromatic rings. The highest BCUT2D eigenvalue weighted by atomic mass is 16.4. The van der Waals surface area contributed by atoms with Crippen molar-refractivity contribution in [2.45, 2.75) is 45.1 Å². The first-order valence-corrected chi connectivity index (χ1v) is 8.12. The Labute approximate surface area is 142 Å². The number of hydrogen-bond donors (Lipinski definition) is 2. The highest BCUT2D eigenvalue weighted by molar-refractivity contribution is 5.98. The van der Waals surface area contributed by atoms with Crippen LogP contribution in [0.15, 0.2) is 35.5 Å². The van der Waals surface area contributed by atoms with E-state index in [1.54, 1.807) is 25.1 Å². The first kappa shape index (κ1) is 19.7. The van der Waals surface area contributed by atoms with Crippen molar-refractivity contribution in [1.82, 2.24) is 10.2 Å². The van der Waals surface area contributed by atoms with Crippen molar-refractivity contribution in [3.05, 3.63) is 35.5 Å². The molecule has 0 fully saturated rings. The Morgan fingerprint density at radius 3 is 2.71 bits per heavy atom. The number of unbranched alkanes of at least 4 members (excludes halogenated alkanes) is 1. The van der Waals surface area contributed by atoms with Gasteiger partial charge >= 0.3 is 5.97 Å². The molecule has 24 heavy (non-hydrogen) atoms. The Kier molecular flexibility index (Phi) is 7.95. The molecule has 0 spiro atoms. The Hall–Kier alpha value is -2.37. The molecule has 2 N–H and O–H groups in total. The first-order chi connectivity index (χ1) is 11.3. The van der Waals surface area contributed by atoms with Crippen LogP contribution in [0.25, 0.3) is 0 Å². The van der Waals surface area contributed by atoms with Crippen LogP contribution in [0.4, 0.5) is 0 Å². The van der Waals surface area contributed by atoms with E-state index in [-0.39, 0.29) is 11.8 Å². The van der Waals surface area contributed by atoms with Crippen LogP contribution >= 0.6 is 0 Å². The van der Waals surface area contributed by atoms with Crippen molar-refractivity contribution in [2.24, 2.45) is 0 Å². The number of hydrogen-bond acceptors (Lipinski definition) is 3. The van der Waals surface area contributed by atoms with Crippen molar-refractivity contribution < 1.29 is 19.5 Å². The number of rotatable bonds is 8. The average Bonchev–Trinajstić information content (AvgIpc) is 2.54. The number of aliphatic carboxylic acids is 1. The van der Waals surface area contributed by atoms with E-state index in [0.29, 0.717) is 12.0 Å². The lowest BCUT2D eigenvalue weighted by Crippen LogP contribution is -2.39. The van der Waals surface area contributed by atoms with Gasteiger partial charge in [-0.2, -0.15) is 0 Å². The molecule has 6 heteroatoms. The number of carbonyl (C=O) groups is 3. The Morgan fingerprint density at radius 2 is 2.08 bits per heavy atom. The van der Waals surface area contributed by atoms with Gasteiger partial charge in [-0.15, -0.1) is 0 Å². The van der Waals surface area contributed by atoms with Gasteiger partial charge in [-0.25, -0.2) is 0 Å². The maximum absolute atomic E-state index is 12.0. The SMILES string of the molecule is C[C@@H](NC(=O)C1=CCCC(/C=C\CCCC(=O)N(C)C)=C1)C(=O)O. The number of nitrogens with zero attached hydrogens (tertiary/aromatic N) is 1. The molecule has 0 unspecified atom stereocenters. The minimum Gasteiger partial charge on any atom is -0.480 e. The van der Waals surface area contributed by atoms with Gasteiger partial charge in [-0.3, -0.25) is 14.4 Å². The Morgan fingerprint density at radius 1 is 1.38 bits per heavy atom. The molecule has 0 saturated heterocycles. The van der Waals surface area contributed by atoms with Crippen LogP contribution in [-0.4, -0.2) is 47.9 Å². The van der Waals surface area contributed by atoms with E-state index >= 15 is 0 Å². The second-order valence-electron chi connectivity index (χ2n) is 6.03. The number of allylic oxidation sites excluding steroid dienone is 4. The summed E-state index contributed by atoms with van der Waals surface area (Å²) < 4.78 is 0. The topological polar surface area (TPSA) is 86.7 Å². The van der Waals surface area contributed by atoms with Gasteiger partial charge in [0, 0.05) is 26.1 Å². The van der Waals surface area contributed by atoms with Crippen LogP contribution in [0.5, 0.6) is 0 Å². The van der Waals surface area contributed by atoms with E-state index in [1.165, 1.54) is 6.92 Å². The third-order valence-electron chi connectivity index (χ3n) is 3.71. The second-order valence-corrected chi connectivity index (χ2v) is 6.03. The summed E-state index contributed by atoms with van der Waals surface area (Å²) in [5.74, 6) is -1.31. The normalized spacial score (nSPS) is 15.5. The molecule has 0 aliphatic heterocycles. The van der Waals surface area contributed by atoms with Crippen molar-refractivity contribution in [3.63, 3.8) is 0 Å². The summed E-state index contributed by atoms with van der Waals surface area (Å²) in [6.45, 7) is 1.43. The summed E-state index contributed by atoms with van der Waals surface area (Å²) in [5, 5.41) is 11.3. The zero-order valence-electron chi connectivity index (χ0n) is 14.5. The zero-order chi connectivity index (χ0) is 18.1. The van der Waals surface area contributed by atoms with Gasteiger partial charge in [-0.1, -0.05) is 18.2 Å². The summed E-state index contributed by atoms with van der Waals surface area (Å²) in [6.07, 6.45) is 11.3. The third-order valence-corrected chi connectivity index (χ3v) is 3.71. The van der Waals surface area contributed by atoms with Crippen molar-refractivity contribution >= 4 is 17.8 Å². The quantitative estimate of drug-likeness (QED) is 0.665. The lowest BCUT2D eigenvalue weighted by Gasteiger charge is -2.13. The van der Waals surface area contributed by atoms with E-state index in [1.807, 2.05) is 18.2 Å². The number of nitrogens with one attached hydrogen (secondary N) is 1. The van der Waals surface area contributed by atoms with E-state index in [9.17, 15) is 14.4 Å². The van der Waals surface area contributed by atoms with Crippen molar-refractivity contribution in [2.75, 3.05) is 14.1 Å². The molecule has 0 aromatic heterocycles. The molecule has 2 amide bonds. The maximum Gasteiger partial charge on any atom is 0.325 e. The summed E-state index contributed by atoms with van der Waals surface area (Å²) in [7, 11) is 3.49. The van der Waals surface area contributed by atoms with Gasteiger partial charge < -0.3 is 15.3 Å². The highest BCUT2D eigenvalue weighted by Gasteiger charge is 2.17. The lowest BCUT2D eigenvalue weighted by atomic mass is 9.98. The minimum atomic E-state index is -1.06. The largest absolute Gasteiger partial charge is 0.480 e. The van der Waals surface area contributed by atoms with Gasteiger partial charge in [0.25, 0.3) is 5.91 Å². The van der Waals surface area contributed by atoms with Crippen LogP contribution in [0.1, 0.15) is 39.0 Å². The van der Waals surface area contributed by atoms with Gasteiger partial charge in [0.15, 0.2) is 0 Å². The van der Waals surface area contributed by atoms with Crippen LogP contribution in [0, 0.1) is 0 Å². The van der Waals surface area contributed by atoms with Crippen LogP contribution < -0.4 is 5.32 Å². The molecule has 1 aliphatic carbocycles. The molecule has 1 atom stereocenters. The fourth-order valence-corrected chi connectivity index (χ4v) is 2.19. The molecule has 1 rings (SSSR count). The summed E-state index contributed by atoms with van der Waals surface area (Å²) >= 11 is 0. The number of carboxylic acids is 1. The number of amides is 2. The van der Waals surface area contributed by atoms with E-state index in [0.717, 1.165) is 31.3 Å². The molecular formula is C18H26N2O4. The summed E-state index contributed by atoms with van der Waals surface area (Å²) in [4.78, 5) is 35.8. The molecule has 6 nitrogen and oxygen atoms in total. The molecule has 132 valence electrons. The zero-order valence-corrected chi connectivity index (χ0v) is 14.5. The first-order valence-electron chi connectivity index (χ1n) is 8.12. The molecule has 0 bridgehead atoms. The summed E-state index contributed by atoms with van der Waals surface area (Å²) in [6, 6.07) is -0.915. The van der Waals surface area contributed by atoms with Gasteiger partial charge in [0.2, 0.25) is 5.91 Å². The fraction of sp³-hybridized carbons (Fsp3) is 0.500. The molecular weight excluding hydrogens is 308 g/mol. The monoisotopic (exact) mass is 334 g/mol. The molecule has 1 aliphatic rings. The maximum atomic E-state index is 12.0. The molecule has 0 heterocycles. The predicted molar refractivity (Wildman–Crippen MR) is 92.3 cm³/mol.